The fourth-order valence-electron chi connectivity index (χ4n) is 2.44. The highest BCUT2D eigenvalue weighted by molar-refractivity contribution is 7.13. The van der Waals surface area contributed by atoms with Crippen LogP contribution in [0, 0.1) is 10.1 Å². The van der Waals surface area contributed by atoms with E-state index in [-0.39, 0.29) is 30.5 Å². The third kappa shape index (κ3) is 3.42. The monoisotopic (exact) mass is 385 g/mol. The molecule has 2 aromatic heterocycles. The van der Waals surface area contributed by atoms with Crippen molar-refractivity contribution >= 4 is 23.0 Å². The van der Waals surface area contributed by atoms with Gasteiger partial charge in [0.25, 0.3) is 5.69 Å². The molecule has 0 bridgehead atoms. The minimum atomic E-state index is -0.840. The number of esters is 1. The zero-order chi connectivity index (χ0) is 18.8. The maximum atomic E-state index is 12.4. The number of benzene rings is 1. The SMILES string of the molecule is O=C(OCc1csc(-c2ccccn2)n1)c1cc2c(cc1[N+](=O)[O-])OCO2. The smallest absolute Gasteiger partial charge is 0.345 e. The molecule has 10 heteroatoms. The lowest BCUT2D eigenvalue weighted by Gasteiger charge is -2.05. The number of hydrogen-bond acceptors (Lipinski definition) is 9. The van der Waals surface area contributed by atoms with Gasteiger partial charge in [0.15, 0.2) is 11.5 Å². The molecule has 136 valence electrons. The van der Waals surface area contributed by atoms with Crippen LogP contribution in [0.1, 0.15) is 16.1 Å². The van der Waals surface area contributed by atoms with Crippen molar-refractivity contribution < 1.29 is 23.9 Å². The molecule has 0 radical (unpaired) electrons. The minimum Gasteiger partial charge on any atom is -0.455 e. The van der Waals surface area contributed by atoms with Crippen LogP contribution < -0.4 is 9.47 Å². The van der Waals surface area contributed by atoms with Crippen LogP contribution in [0.25, 0.3) is 10.7 Å². The molecular formula is C17H11N3O6S. The largest absolute Gasteiger partial charge is 0.455 e. The van der Waals surface area contributed by atoms with Gasteiger partial charge in [0.1, 0.15) is 17.2 Å². The summed E-state index contributed by atoms with van der Waals surface area (Å²) in [4.78, 5) is 31.5. The molecule has 0 atom stereocenters. The fourth-order valence-corrected chi connectivity index (χ4v) is 3.22. The van der Waals surface area contributed by atoms with E-state index in [0.717, 1.165) is 6.07 Å². The molecule has 0 fully saturated rings. The van der Waals surface area contributed by atoms with E-state index in [4.69, 9.17) is 14.2 Å². The molecule has 3 aromatic rings. The third-order valence-electron chi connectivity index (χ3n) is 3.69. The van der Waals surface area contributed by atoms with Gasteiger partial charge in [0.05, 0.1) is 22.4 Å². The van der Waals surface area contributed by atoms with Crippen LogP contribution in [0.5, 0.6) is 11.5 Å². The number of carbonyl (C=O) groups is 1. The van der Waals surface area contributed by atoms with Gasteiger partial charge in [-0.1, -0.05) is 6.07 Å². The number of rotatable bonds is 5. The fraction of sp³-hybridized carbons (Fsp3) is 0.118. The average Bonchev–Trinajstić information content (AvgIpc) is 3.34. The van der Waals surface area contributed by atoms with Crippen molar-refractivity contribution in [2.75, 3.05) is 6.79 Å². The Labute approximate surface area is 156 Å². The Hall–Kier alpha value is -3.53. The summed E-state index contributed by atoms with van der Waals surface area (Å²) in [5.41, 5.74) is 0.630. The Bertz CT molecular complexity index is 1020. The van der Waals surface area contributed by atoms with E-state index in [9.17, 15) is 14.9 Å². The van der Waals surface area contributed by atoms with E-state index in [1.807, 2.05) is 12.1 Å². The van der Waals surface area contributed by atoms with E-state index in [1.165, 1.54) is 17.4 Å². The number of nitro groups is 1. The number of nitro benzene ring substituents is 1. The Morgan fingerprint density at radius 2 is 2.11 bits per heavy atom. The van der Waals surface area contributed by atoms with Crippen molar-refractivity contribution in [2.45, 2.75) is 6.61 Å². The molecule has 3 heterocycles. The lowest BCUT2D eigenvalue weighted by Crippen LogP contribution is -2.08. The van der Waals surface area contributed by atoms with Gasteiger partial charge >= 0.3 is 5.97 Å². The predicted molar refractivity (Wildman–Crippen MR) is 93.7 cm³/mol. The van der Waals surface area contributed by atoms with Gasteiger partial charge in [-0.25, -0.2) is 9.78 Å². The van der Waals surface area contributed by atoms with Gasteiger partial charge in [-0.15, -0.1) is 11.3 Å². The standard InChI is InChI=1S/C17H11N3O6S/c21-17(11-5-14-15(26-9-25-14)6-13(11)20(22)23)24-7-10-8-27-16(19-10)12-3-1-2-4-18-12/h1-6,8H,7,9H2. The normalized spacial score (nSPS) is 12.0. The Morgan fingerprint density at radius 1 is 1.30 bits per heavy atom. The molecule has 1 aliphatic heterocycles. The molecule has 27 heavy (non-hydrogen) atoms. The van der Waals surface area contributed by atoms with Crippen molar-refractivity contribution in [3.05, 3.63) is 63.3 Å². The Balaban J connectivity index is 1.50. The number of hydrogen-bond donors (Lipinski definition) is 0. The van der Waals surface area contributed by atoms with E-state index in [1.54, 1.807) is 17.6 Å². The molecule has 0 aliphatic carbocycles. The average molecular weight is 385 g/mol. The predicted octanol–water partition coefficient (Wildman–Crippen LogP) is 3.20. The molecule has 0 saturated carbocycles. The van der Waals surface area contributed by atoms with Gasteiger partial charge in [0.2, 0.25) is 6.79 Å². The Morgan fingerprint density at radius 3 is 2.85 bits per heavy atom. The number of carbonyl (C=O) groups excluding carboxylic acids is 1. The van der Waals surface area contributed by atoms with Crippen molar-refractivity contribution in [1.29, 1.82) is 0 Å². The summed E-state index contributed by atoms with van der Waals surface area (Å²) < 4.78 is 15.5. The topological polar surface area (TPSA) is 114 Å². The second-order valence-electron chi connectivity index (χ2n) is 5.41. The summed E-state index contributed by atoms with van der Waals surface area (Å²) in [5, 5.41) is 13.7. The molecule has 0 spiro atoms. The number of nitrogens with zero attached hydrogens (tertiary/aromatic N) is 3. The quantitative estimate of drug-likeness (QED) is 0.374. The Kier molecular flexibility index (Phi) is 4.38. The number of aromatic nitrogens is 2. The number of pyridine rings is 1. The summed E-state index contributed by atoms with van der Waals surface area (Å²) >= 11 is 1.36. The zero-order valence-corrected chi connectivity index (χ0v) is 14.5. The summed E-state index contributed by atoms with van der Waals surface area (Å²) in [5.74, 6) is -0.358. The number of ether oxygens (including phenoxy) is 3. The number of fused-ring (bicyclic) bond motifs is 1. The van der Waals surface area contributed by atoms with Crippen LogP contribution in [0.3, 0.4) is 0 Å². The molecule has 1 aliphatic rings. The van der Waals surface area contributed by atoms with Crippen LogP contribution in [-0.2, 0) is 11.3 Å². The lowest BCUT2D eigenvalue weighted by atomic mass is 10.1. The molecule has 1 aromatic carbocycles. The summed E-state index contributed by atoms with van der Waals surface area (Å²) in [6, 6.07) is 7.88. The minimum absolute atomic E-state index is 0.0554. The zero-order valence-electron chi connectivity index (χ0n) is 13.7. The first-order valence-corrected chi connectivity index (χ1v) is 8.61. The molecule has 0 saturated heterocycles. The number of thiazole rings is 1. The first-order valence-electron chi connectivity index (χ1n) is 7.73. The van der Waals surface area contributed by atoms with E-state index in [0.29, 0.717) is 16.4 Å². The van der Waals surface area contributed by atoms with Crippen molar-refractivity contribution in [2.24, 2.45) is 0 Å². The van der Waals surface area contributed by atoms with Gasteiger partial charge in [-0.2, -0.15) is 0 Å². The van der Waals surface area contributed by atoms with Crippen molar-refractivity contribution in [1.82, 2.24) is 9.97 Å². The molecule has 0 N–H and O–H groups in total. The van der Waals surface area contributed by atoms with Gasteiger partial charge < -0.3 is 14.2 Å². The molecule has 0 amide bonds. The van der Waals surface area contributed by atoms with E-state index in [2.05, 4.69) is 9.97 Å². The first kappa shape index (κ1) is 16.9. The molecule has 4 rings (SSSR count). The van der Waals surface area contributed by atoms with Crippen LogP contribution >= 0.6 is 11.3 Å². The van der Waals surface area contributed by atoms with Crippen LogP contribution in [0.15, 0.2) is 41.9 Å². The van der Waals surface area contributed by atoms with Gasteiger partial charge in [-0.3, -0.25) is 15.1 Å². The maximum Gasteiger partial charge on any atom is 0.345 e. The first-order chi connectivity index (χ1) is 13.1. The highest BCUT2D eigenvalue weighted by Gasteiger charge is 2.28. The molecular weight excluding hydrogens is 374 g/mol. The second kappa shape index (κ2) is 7.00. The summed E-state index contributed by atoms with van der Waals surface area (Å²) in [6.07, 6.45) is 1.66. The molecule has 0 unspecified atom stereocenters. The third-order valence-corrected chi connectivity index (χ3v) is 4.61. The van der Waals surface area contributed by atoms with Gasteiger partial charge in [-0.05, 0) is 12.1 Å². The van der Waals surface area contributed by atoms with E-state index >= 15 is 0 Å². The van der Waals surface area contributed by atoms with Crippen LogP contribution in [0.4, 0.5) is 5.69 Å². The van der Waals surface area contributed by atoms with Crippen molar-refractivity contribution in [3.63, 3.8) is 0 Å². The highest BCUT2D eigenvalue weighted by Crippen LogP contribution is 2.38. The van der Waals surface area contributed by atoms with Crippen molar-refractivity contribution in [3.8, 4) is 22.2 Å². The molecule has 9 nitrogen and oxygen atoms in total. The van der Waals surface area contributed by atoms with Crippen LogP contribution in [0.2, 0.25) is 0 Å². The summed E-state index contributed by atoms with van der Waals surface area (Å²) in [7, 11) is 0. The van der Waals surface area contributed by atoms with E-state index < -0.39 is 16.6 Å². The second-order valence-corrected chi connectivity index (χ2v) is 6.27. The summed E-state index contributed by atoms with van der Waals surface area (Å²) in [6.45, 7) is -0.173. The maximum absolute atomic E-state index is 12.4. The lowest BCUT2D eigenvalue weighted by molar-refractivity contribution is -0.385. The van der Waals surface area contributed by atoms with Crippen LogP contribution in [-0.4, -0.2) is 27.7 Å². The van der Waals surface area contributed by atoms with Gasteiger partial charge in [0, 0.05) is 17.6 Å². The highest BCUT2D eigenvalue weighted by atomic mass is 32.1.